The van der Waals surface area contributed by atoms with Gasteiger partial charge in [0.15, 0.2) is 0 Å². The van der Waals surface area contributed by atoms with Gasteiger partial charge in [-0.25, -0.2) is 0 Å². The van der Waals surface area contributed by atoms with Gasteiger partial charge in [-0.1, -0.05) is 74.3 Å². The van der Waals surface area contributed by atoms with Crippen LogP contribution in [0.5, 0.6) is 0 Å². The van der Waals surface area contributed by atoms with Gasteiger partial charge in [-0.2, -0.15) is 13.3 Å². The summed E-state index contributed by atoms with van der Waals surface area (Å²) in [5, 5.41) is 0. The van der Waals surface area contributed by atoms with Gasteiger partial charge in [-0.3, -0.25) is 0 Å². The molecule has 0 radical (unpaired) electrons. The molecule has 380 valence electrons. The van der Waals surface area contributed by atoms with E-state index in [1.165, 1.54) is 93.1 Å². The quantitative estimate of drug-likeness (QED) is 0.211. The van der Waals surface area contributed by atoms with E-state index in [2.05, 4.69) is 140 Å². The van der Waals surface area contributed by atoms with Crippen molar-refractivity contribution < 1.29 is 27.0 Å². The Labute approximate surface area is 441 Å². The van der Waals surface area contributed by atoms with Crippen LogP contribution in [0.25, 0.3) is 0 Å². The van der Waals surface area contributed by atoms with Gasteiger partial charge in [0.05, 0.1) is 0 Å². The van der Waals surface area contributed by atoms with E-state index in [-0.39, 0.29) is 14.9 Å². The van der Waals surface area contributed by atoms with Gasteiger partial charge in [-0.15, -0.1) is 0 Å². The average Bonchev–Trinajstić information content (AvgIpc) is 3.88. The van der Waals surface area contributed by atoms with E-state index >= 15 is 0 Å². The van der Waals surface area contributed by atoms with E-state index < -0.39 is 27.0 Å². The van der Waals surface area contributed by atoms with Gasteiger partial charge in [0.1, 0.15) is 0 Å². The molecule has 0 bridgehead atoms. The Morgan fingerprint density at radius 2 is 0.632 bits per heavy atom. The number of hydrogen-bond donors (Lipinski definition) is 0. The number of rotatable bonds is 6. The van der Waals surface area contributed by atoms with Gasteiger partial charge >= 0.3 is 147 Å². The van der Waals surface area contributed by atoms with Crippen LogP contribution in [0, 0.1) is 51.9 Å². The molecule has 0 N–H and O–H groups in total. The average molecular weight is 1180 g/mol. The van der Waals surface area contributed by atoms with Crippen LogP contribution < -0.4 is 0 Å². The Morgan fingerprint density at radius 3 is 0.824 bits per heavy atom. The molecule has 0 amide bonds. The first-order valence-electron chi connectivity index (χ1n) is 23.4. The topological polar surface area (TPSA) is 13.0 Å². The normalized spacial score (nSPS) is 23.0. The molecular formula is C58H80Cl4N4Ru2-4. The first kappa shape index (κ1) is 60.0. The summed E-state index contributed by atoms with van der Waals surface area (Å²) < 4.78 is 3.85. The van der Waals surface area contributed by atoms with Crippen molar-refractivity contribution in [1.29, 1.82) is 0 Å². The number of halogens is 4. The molecule has 4 nitrogen and oxygen atoms in total. The van der Waals surface area contributed by atoms with Crippen LogP contribution in [-0.4, -0.2) is 55.0 Å². The first-order valence-corrected chi connectivity index (χ1v) is 34.3. The zero-order valence-electron chi connectivity index (χ0n) is 43.4. The molecular weight excluding hydrogens is 1100 g/mol. The minimum absolute atomic E-state index is 0. The van der Waals surface area contributed by atoms with Crippen molar-refractivity contribution in [3.05, 3.63) is 192 Å². The second-order valence-corrected chi connectivity index (χ2v) is 30.5. The van der Waals surface area contributed by atoms with Gasteiger partial charge in [0.2, 0.25) is 0 Å². The Morgan fingerprint density at radius 1 is 0.412 bits per heavy atom. The summed E-state index contributed by atoms with van der Waals surface area (Å²) in [4.78, 5) is 10.0. The molecule has 2 aromatic carbocycles. The third-order valence-electron chi connectivity index (χ3n) is 12.8. The van der Waals surface area contributed by atoms with Crippen molar-refractivity contribution in [2.75, 3.05) is 26.2 Å². The molecule has 2 heterocycles. The zero-order valence-corrected chi connectivity index (χ0v) is 49.9. The van der Waals surface area contributed by atoms with Gasteiger partial charge in [0.25, 0.3) is 0 Å². The maximum atomic E-state index is 5.67. The summed E-state index contributed by atoms with van der Waals surface area (Å²) >= 11 is -3.23. The fourth-order valence-corrected chi connectivity index (χ4v) is 14.5. The van der Waals surface area contributed by atoms with Crippen molar-refractivity contribution >= 4 is 48.0 Å². The van der Waals surface area contributed by atoms with Crippen LogP contribution in [0.2, 0.25) is 0 Å². The van der Waals surface area contributed by atoms with Crippen molar-refractivity contribution in [2.45, 2.75) is 109 Å². The summed E-state index contributed by atoms with van der Waals surface area (Å²) in [5.41, 5.74) is 20.1. The number of nitrogens with zero attached hydrogens (tertiary/aromatic N) is 4. The SMILES string of the molecule is CC1=CC(C)=C(N2[CH-]N(C3=C(C)C=C(C)C[C@@H]3C)CC2)[C@H](C)C1.CC1=CC(C)=C(N2[CH-]N(C3=C(C)C=C(C)C[C@@H]3C)CC2)[C@H](C)C1.[CH3-].[CH3-].[Cl][Ru]([Cl])=[CH]c1ccccc1.[Cl][Ru]([Cl])=[CH]c1ccccc1. The van der Waals surface area contributed by atoms with E-state index in [0.29, 0.717) is 23.7 Å². The number of benzene rings is 2. The summed E-state index contributed by atoms with van der Waals surface area (Å²) in [6.07, 6.45) is 14.2. The predicted octanol–water partition coefficient (Wildman–Crippen LogP) is 16.9. The number of allylic oxidation sites excluding steroid dienone is 16. The Balaban J connectivity index is 0.000000255. The number of hydrogen-bond acceptors (Lipinski definition) is 4. The van der Waals surface area contributed by atoms with E-state index in [4.69, 9.17) is 38.8 Å². The second-order valence-electron chi connectivity index (χ2n) is 19.1. The Bertz CT molecular complexity index is 2060. The molecule has 4 aliphatic carbocycles. The molecule has 2 saturated heterocycles. The van der Waals surface area contributed by atoms with Crippen LogP contribution in [0.1, 0.15) is 120 Å². The van der Waals surface area contributed by atoms with Crippen molar-refractivity contribution in [3.8, 4) is 0 Å². The monoisotopic (exact) mass is 1180 g/mol. The molecule has 4 atom stereocenters. The van der Waals surface area contributed by atoms with Crippen molar-refractivity contribution in [2.24, 2.45) is 23.7 Å². The van der Waals surface area contributed by atoms with Crippen LogP contribution in [0.3, 0.4) is 0 Å². The third-order valence-corrected chi connectivity index (χ3v) is 16.5. The summed E-state index contributed by atoms with van der Waals surface area (Å²) in [5.74, 6) is 2.49. The molecule has 0 spiro atoms. The molecule has 2 aliphatic heterocycles. The Hall–Kier alpha value is -2.29. The molecule has 0 unspecified atom stereocenters. The molecule has 2 fully saturated rings. The minimum atomic E-state index is -1.61. The molecule has 8 rings (SSSR count). The summed E-state index contributed by atoms with van der Waals surface area (Å²) in [6.45, 7) is 36.7. The third kappa shape index (κ3) is 17.5. The molecule has 10 heteroatoms. The summed E-state index contributed by atoms with van der Waals surface area (Å²) in [6, 6.07) is 19.8. The van der Waals surface area contributed by atoms with E-state index in [1.807, 2.05) is 69.9 Å². The van der Waals surface area contributed by atoms with E-state index in [0.717, 1.165) is 37.3 Å². The molecule has 68 heavy (non-hydrogen) atoms. The van der Waals surface area contributed by atoms with E-state index in [1.54, 1.807) is 0 Å². The fraction of sp³-hybridized carbons (Fsp3) is 0.414. The first-order chi connectivity index (χ1) is 31.3. The van der Waals surface area contributed by atoms with Gasteiger partial charge < -0.3 is 34.5 Å². The standard InChI is InChI=1S/2C21H31N2.2C7H6.2CH3.4ClH.2Ru/c2*1-14-9-16(3)20(17(4)10-14)22-7-8-23(13-22)21-18(5)11-15(2)12-19(21)6;2*1-7-5-3-2-4-6-7;;;;;;;;/h2*9,11,13,17,19H,7-8,10,12H2,1-6H3;2*1-6H;2*1H3;4*1H;;/q2*-1;;;2*-1;;;;;2*+2/p-4/t2*17-,19+;;;;;;;;;;. The van der Waals surface area contributed by atoms with Crippen LogP contribution in [0.4, 0.5) is 0 Å². The Kier molecular flexibility index (Phi) is 25.3. The van der Waals surface area contributed by atoms with Gasteiger partial charge in [-0.05, 0) is 150 Å². The fourth-order valence-electron chi connectivity index (χ4n) is 10.9. The van der Waals surface area contributed by atoms with Crippen molar-refractivity contribution in [3.63, 3.8) is 0 Å². The zero-order chi connectivity index (χ0) is 48.2. The molecule has 6 aliphatic rings. The maximum absolute atomic E-state index is 5.67. The van der Waals surface area contributed by atoms with Crippen molar-refractivity contribution in [1.82, 2.24) is 19.6 Å². The molecule has 0 aromatic heterocycles. The van der Waals surface area contributed by atoms with Crippen LogP contribution >= 0.6 is 38.8 Å². The van der Waals surface area contributed by atoms with Crippen LogP contribution in [-0.2, 0) is 27.0 Å². The molecule has 0 saturated carbocycles. The second kappa shape index (κ2) is 28.7. The molecule has 2 aromatic rings. The van der Waals surface area contributed by atoms with E-state index in [9.17, 15) is 0 Å². The predicted molar refractivity (Wildman–Crippen MR) is 296 cm³/mol. The van der Waals surface area contributed by atoms with Gasteiger partial charge in [0, 0.05) is 26.2 Å². The van der Waals surface area contributed by atoms with Crippen LogP contribution in [0.15, 0.2) is 152 Å². The summed E-state index contributed by atoms with van der Waals surface area (Å²) in [7, 11) is 22.7.